The zero-order valence-electron chi connectivity index (χ0n) is 24.2. The van der Waals surface area contributed by atoms with Crippen molar-refractivity contribution in [3.63, 3.8) is 0 Å². The molecule has 11 nitrogen and oxygen atoms in total. The molecule has 2 fully saturated rings. The van der Waals surface area contributed by atoms with Gasteiger partial charge >= 0.3 is 0 Å². The third-order valence-corrected chi connectivity index (χ3v) is 7.52. The number of piperidine rings is 2. The van der Waals surface area contributed by atoms with E-state index in [9.17, 15) is 22.6 Å². The number of hydrogen-bond acceptors (Lipinski definition) is 9. The summed E-state index contributed by atoms with van der Waals surface area (Å²) in [6.07, 6.45) is 10.4. The molecule has 2 aliphatic rings. The molecule has 13 heteroatoms. The molecule has 0 aromatic heterocycles. The van der Waals surface area contributed by atoms with E-state index < -0.39 is 20.5 Å². The van der Waals surface area contributed by atoms with Crippen molar-refractivity contribution in [2.45, 2.75) is 38.5 Å². The Labute approximate surface area is 244 Å². The van der Waals surface area contributed by atoms with Crippen molar-refractivity contribution in [1.29, 1.82) is 0 Å². The Kier molecular flexibility index (Phi) is 15.0. The summed E-state index contributed by atoms with van der Waals surface area (Å²) < 4.78 is 60.3. The van der Waals surface area contributed by atoms with Crippen LogP contribution < -0.4 is 8.97 Å². The van der Waals surface area contributed by atoms with Gasteiger partial charge in [0, 0.05) is 17.4 Å². The van der Waals surface area contributed by atoms with Crippen molar-refractivity contribution in [2.24, 2.45) is 0 Å². The maximum atomic E-state index is 10.6. The highest BCUT2D eigenvalue weighted by Gasteiger charge is 2.28. The van der Waals surface area contributed by atoms with Crippen molar-refractivity contribution in [1.82, 2.24) is 8.97 Å². The van der Waals surface area contributed by atoms with Crippen LogP contribution >= 0.6 is 0 Å². The minimum absolute atomic E-state index is 0.604. The maximum absolute atomic E-state index is 10.6. The van der Waals surface area contributed by atoms with Gasteiger partial charge in [0.2, 0.25) is 10.4 Å². The Morgan fingerprint density at radius 3 is 1.07 bits per heavy atom. The van der Waals surface area contributed by atoms with E-state index >= 15 is 0 Å². The molecule has 0 radical (unpaired) electrons. The molecule has 0 aliphatic carbocycles. The predicted molar refractivity (Wildman–Crippen MR) is 159 cm³/mol. The summed E-state index contributed by atoms with van der Waals surface area (Å²) in [6, 6.07) is 16.0. The van der Waals surface area contributed by atoms with Crippen LogP contribution in [-0.2, 0) is 24.7 Å². The van der Waals surface area contributed by atoms with Crippen LogP contribution in [0.1, 0.15) is 59.2 Å². The number of carbonyl (C=O) groups is 2. The van der Waals surface area contributed by atoms with Crippen molar-refractivity contribution < 1.29 is 39.7 Å². The summed E-state index contributed by atoms with van der Waals surface area (Å²) >= 11 is 0. The molecule has 2 aliphatic heterocycles. The standard InChI is InChI=1S/2C13H18NO.CH4O4S.CH4O3S/c2*1-14(9-3-2-4-10-14)13-7-5-12(11-15)6-8-13;1-5-6(2,3)4;1-5(2,3)4/h2*5-8,11H,2-4,9-10H2,1H3;1H3,(H,2,3,4);1H3,(H,2,3,4)/q2*+1;;/p-2. The van der Waals surface area contributed by atoms with E-state index in [0.717, 1.165) is 39.8 Å². The highest BCUT2D eigenvalue weighted by atomic mass is 32.3. The molecule has 230 valence electrons. The minimum atomic E-state index is -4.41. The largest absolute Gasteiger partial charge is 0.748 e. The predicted octanol–water partition coefficient (Wildman–Crippen LogP) is 3.49. The minimum Gasteiger partial charge on any atom is -0.748 e. The second kappa shape index (κ2) is 16.8. The summed E-state index contributed by atoms with van der Waals surface area (Å²) in [5, 5.41) is 0. The van der Waals surface area contributed by atoms with Crippen molar-refractivity contribution in [3.05, 3.63) is 59.7 Å². The number of hydrogen-bond donors (Lipinski definition) is 0. The lowest BCUT2D eigenvalue weighted by molar-refractivity contribution is 0.111. The van der Waals surface area contributed by atoms with Crippen LogP contribution in [0.3, 0.4) is 0 Å². The van der Waals surface area contributed by atoms with Crippen LogP contribution in [0.25, 0.3) is 0 Å². The number of nitrogens with zero attached hydrogens (tertiary/aromatic N) is 2. The van der Waals surface area contributed by atoms with Crippen LogP contribution in [0.2, 0.25) is 0 Å². The molecule has 41 heavy (non-hydrogen) atoms. The monoisotopic (exact) mass is 614 g/mol. The SMILES string of the molecule is COS(=O)(=O)[O-].CS(=O)(=O)[O-].C[N+]1(c2ccc(C=O)cc2)CCCCC1.C[N+]1(c2ccc(C=O)cc2)CCCCC1. The fourth-order valence-electron chi connectivity index (χ4n) is 4.76. The van der Waals surface area contributed by atoms with Crippen LogP contribution in [0.15, 0.2) is 48.5 Å². The molecular weight excluding hydrogens is 572 g/mol. The number of carbonyl (C=O) groups excluding carboxylic acids is 2. The smallest absolute Gasteiger partial charge is 0.217 e. The Morgan fingerprint density at radius 2 is 0.878 bits per heavy atom. The van der Waals surface area contributed by atoms with Crippen LogP contribution in [0.5, 0.6) is 0 Å². The Hall–Kier alpha value is -2.52. The number of rotatable bonds is 5. The summed E-state index contributed by atoms with van der Waals surface area (Å²) in [6.45, 7) is 4.89. The van der Waals surface area contributed by atoms with Crippen molar-refractivity contribution in [2.75, 3.05) is 53.6 Å². The maximum Gasteiger partial charge on any atom is 0.217 e. The quantitative estimate of drug-likeness (QED) is 0.213. The van der Waals surface area contributed by atoms with Gasteiger partial charge in [-0.25, -0.2) is 16.8 Å². The fraction of sp³-hybridized carbons (Fsp3) is 0.500. The first kappa shape index (κ1) is 36.5. The van der Waals surface area contributed by atoms with E-state index in [1.807, 2.05) is 24.3 Å². The molecule has 4 rings (SSSR count). The van der Waals surface area contributed by atoms with Crippen LogP contribution in [0.4, 0.5) is 11.4 Å². The zero-order valence-corrected chi connectivity index (χ0v) is 25.9. The average molecular weight is 615 g/mol. The van der Waals surface area contributed by atoms with Gasteiger partial charge in [0.1, 0.15) is 23.9 Å². The Balaban J connectivity index is 0.000000304. The van der Waals surface area contributed by atoms with Gasteiger partial charge in [-0.05, 0) is 87.1 Å². The number of benzene rings is 2. The number of aldehydes is 2. The lowest BCUT2D eigenvalue weighted by Crippen LogP contribution is -2.48. The highest BCUT2D eigenvalue weighted by Crippen LogP contribution is 2.27. The molecule has 0 atom stereocenters. The topological polar surface area (TPSA) is 158 Å². The Bertz CT molecular complexity index is 1200. The first-order valence-electron chi connectivity index (χ1n) is 13.3. The van der Waals surface area contributed by atoms with E-state index in [1.54, 1.807) is 0 Å². The number of quaternary nitrogens is 2. The third-order valence-electron chi connectivity index (χ3n) is 7.12. The van der Waals surface area contributed by atoms with Crippen molar-refractivity contribution >= 4 is 44.5 Å². The second-order valence-electron chi connectivity index (χ2n) is 10.5. The molecule has 2 heterocycles. The lowest BCUT2D eigenvalue weighted by Gasteiger charge is -2.37. The lowest BCUT2D eigenvalue weighted by atomic mass is 10.1. The summed E-state index contributed by atoms with van der Waals surface area (Å²) in [5.41, 5.74) is 4.20. The highest BCUT2D eigenvalue weighted by molar-refractivity contribution is 7.84. The molecule has 2 aromatic rings. The second-order valence-corrected chi connectivity index (χ2v) is 13.1. The van der Waals surface area contributed by atoms with E-state index in [4.69, 9.17) is 13.0 Å². The van der Waals surface area contributed by atoms with Gasteiger partial charge < -0.3 is 9.11 Å². The van der Waals surface area contributed by atoms with Gasteiger partial charge in [0.15, 0.2) is 0 Å². The van der Waals surface area contributed by atoms with Crippen molar-refractivity contribution in [3.8, 4) is 0 Å². The molecule has 0 saturated carbocycles. The fourth-order valence-corrected chi connectivity index (χ4v) is 4.76. The van der Waals surface area contributed by atoms with Crippen LogP contribution in [-0.4, -0.2) is 92.2 Å². The van der Waals surface area contributed by atoms with E-state index in [-0.39, 0.29) is 0 Å². The molecule has 0 spiro atoms. The summed E-state index contributed by atoms with van der Waals surface area (Å²) in [7, 11) is -2.95. The van der Waals surface area contributed by atoms with Crippen LogP contribution in [0, 0.1) is 0 Å². The first-order chi connectivity index (χ1) is 19.0. The normalized spacial score (nSPS) is 17.6. The average Bonchev–Trinajstić information content (AvgIpc) is 2.93. The number of likely N-dealkylation sites (tertiary alicyclic amines) is 2. The van der Waals surface area contributed by atoms with Gasteiger partial charge in [-0.1, -0.05) is 0 Å². The van der Waals surface area contributed by atoms with Gasteiger partial charge in [-0.2, -0.15) is 0 Å². The van der Waals surface area contributed by atoms with Gasteiger partial charge in [-0.3, -0.25) is 22.7 Å². The van der Waals surface area contributed by atoms with E-state index in [0.29, 0.717) is 6.26 Å². The third kappa shape index (κ3) is 14.8. The molecule has 2 saturated heterocycles. The molecular formula is C28H42N2O9S2. The van der Waals surface area contributed by atoms with E-state index in [2.05, 4.69) is 42.5 Å². The molecule has 0 unspecified atom stereocenters. The van der Waals surface area contributed by atoms with Gasteiger partial charge in [0.05, 0.1) is 57.5 Å². The van der Waals surface area contributed by atoms with Gasteiger partial charge in [0.25, 0.3) is 0 Å². The Morgan fingerprint density at radius 1 is 0.634 bits per heavy atom. The molecule has 0 N–H and O–H groups in total. The summed E-state index contributed by atoms with van der Waals surface area (Å²) in [5.74, 6) is 0. The zero-order chi connectivity index (χ0) is 31.2. The molecule has 2 aromatic carbocycles. The van der Waals surface area contributed by atoms with Gasteiger partial charge in [-0.15, -0.1) is 0 Å². The molecule has 0 bridgehead atoms. The summed E-state index contributed by atoms with van der Waals surface area (Å²) in [4.78, 5) is 21.1. The molecule has 0 amide bonds. The first-order valence-corrected chi connectivity index (χ1v) is 16.4. The van der Waals surface area contributed by atoms with E-state index in [1.165, 1.54) is 76.1 Å².